The van der Waals surface area contributed by atoms with Gasteiger partial charge in [0.15, 0.2) is 0 Å². The minimum atomic E-state index is -3.36. The second-order valence-electron chi connectivity index (χ2n) is 6.65. The smallest absolute Gasteiger partial charge is 0.312 e. The third-order valence-electron chi connectivity index (χ3n) is 5.13. The number of likely N-dealkylation sites (tertiary alicyclic amines) is 1. The van der Waals surface area contributed by atoms with E-state index in [0.29, 0.717) is 24.7 Å². The third kappa shape index (κ3) is 3.06. The number of halogens is 1. The van der Waals surface area contributed by atoms with Crippen LogP contribution in [-0.4, -0.2) is 60.6 Å². The lowest BCUT2D eigenvalue weighted by molar-refractivity contribution is -0.148. The number of fused-ring (bicyclic) bond motifs is 1. The number of hydrogen-bond donors (Lipinski definition) is 1. The van der Waals surface area contributed by atoms with Gasteiger partial charge in [0.05, 0.1) is 11.2 Å². The summed E-state index contributed by atoms with van der Waals surface area (Å²) < 4.78 is 25.6. The fourth-order valence-corrected chi connectivity index (χ4v) is 5.25. The van der Waals surface area contributed by atoms with Crippen molar-refractivity contribution in [3.05, 3.63) is 34.9 Å². The molecule has 2 fully saturated rings. The first-order valence-corrected chi connectivity index (χ1v) is 9.93. The molecule has 1 aromatic rings. The van der Waals surface area contributed by atoms with Crippen molar-refractivity contribution in [2.45, 2.75) is 13.5 Å². The van der Waals surface area contributed by atoms with E-state index in [-0.39, 0.29) is 24.8 Å². The van der Waals surface area contributed by atoms with Gasteiger partial charge in [0, 0.05) is 43.7 Å². The summed E-state index contributed by atoms with van der Waals surface area (Å²) in [5.41, 5.74) is 0.0157. The molecule has 2 saturated heterocycles. The van der Waals surface area contributed by atoms with Gasteiger partial charge in [0.1, 0.15) is 0 Å². The number of aliphatic carboxylic acids is 1. The van der Waals surface area contributed by atoms with E-state index in [2.05, 4.69) is 4.90 Å². The number of benzene rings is 1. The molecule has 0 saturated carbocycles. The molecular weight excluding hydrogens is 352 g/mol. The Balaban J connectivity index is 1.78. The van der Waals surface area contributed by atoms with Crippen LogP contribution in [0.4, 0.5) is 0 Å². The van der Waals surface area contributed by atoms with E-state index in [0.717, 1.165) is 5.56 Å². The molecule has 0 aliphatic carbocycles. The Morgan fingerprint density at radius 3 is 2.71 bits per heavy atom. The van der Waals surface area contributed by atoms with E-state index in [1.165, 1.54) is 4.31 Å². The second kappa shape index (κ2) is 6.29. The average molecular weight is 373 g/mol. The zero-order chi connectivity index (χ0) is 17.5. The number of hydrogen-bond acceptors (Lipinski definition) is 4. The minimum absolute atomic E-state index is 0.00163. The number of rotatable bonds is 5. The molecule has 0 aromatic heterocycles. The largest absolute Gasteiger partial charge is 0.481 e. The summed E-state index contributed by atoms with van der Waals surface area (Å²) in [6.07, 6.45) is 0. The van der Waals surface area contributed by atoms with Crippen LogP contribution in [0.15, 0.2) is 24.3 Å². The first-order valence-electron chi connectivity index (χ1n) is 7.95. The van der Waals surface area contributed by atoms with Gasteiger partial charge in [-0.3, -0.25) is 9.69 Å². The van der Waals surface area contributed by atoms with Crippen LogP contribution in [0, 0.1) is 11.3 Å². The van der Waals surface area contributed by atoms with Crippen LogP contribution in [0.3, 0.4) is 0 Å². The van der Waals surface area contributed by atoms with Gasteiger partial charge < -0.3 is 5.11 Å². The van der Waals surface area contributed by atoms with Crippen molar-refractivity contribution < 1.29 is 18.3 Å². The first-order chi connectivity index (χ1) is 11.3. The lowest BCUT2D eigenvalue weighted by Crippen LogP contribution is -2.42. The van der Waals surface area contributed by atoms with Gasteiger partial charge in [-0.05, 0) is 24.6 Å². The van der Waals surface area contributed by atoms with Gasteiger partial charge in [-0.2, -0.15) is 0 Å². The number of carboxylic acids is 1. The van der Waals surface area contributed by atoms with Gasteiger partial charge in [-0.15, -0.1) is 0 Å². The maximum absolute atomic E-state index is 12.1. The number of carboxylic acid groups (broad SMARTS) is 1. The predicted octanol–water partition coefficient (Wildman–Crippen LogP) is 1.51. The van der Waals surface area contributed by atoms with Crippen LogP contribution in [0.2, 0.25) is 5.02 Å². The molecule has 8 heteroatoms. The Bertz CT molecular complexity index is 754. The normalized spacial score (nSPS) is 28.2. The highest BCUT2D eigenvalue weighted by Gasteiger charge is 2.59. The highest BCUT2D eigenvalue weighted by atomic mass is 35.5. The summed E-state index contributed by atoms with van der Waals surface area (Å²) in [6.45, 7) is 3.49. The zero-order valence-corrected chi connectivity index (χ0v) is 15.1. The Hall–Kier alpha value is -1.15. The monoisotopic (exact) mass is 372 g/mol. The van der Waals surface area contributed by atoms with Gasteiger partial charge in [0.25, 0.3) is 0 Å². The molecule has 24 heavy (non-hydrogen) atoms. The van der Waals surface area contributed by atoms with Crippen LogP contribution >= 0.6 is 11.6 Å². The molecule has 2 aliphatic heterocycles. The van der Waals surface area contributed by atoms with Crippen molar-refractivity contribution in [3.8, 4) is 0 Å². The average Bonchev–Trinajstić information content (AvgIpc) is 3.02. The number of nitrogens with zero attached hydrogens (tertiary/aromatic N) is 2. The van der Waals surface area contributed by atoms with Crippen molar-refractivity contribution in [3.63, 3.8) is 0 Å². The highest BCUT2D eigenvalue weighted by Crippen LogP contribution is 2.44. The van der Waals surface area contributed by atoms with E-state index in [9.17, 15) is 18.3 Å². The SMILES string of the molecule is CCS(=O)(=O)N1C[C@H]2CN(Cc3cccc(Cl)c3)C[C@@]2(C(=O)O)C1. The van der Waals surface area contributed by atoms with E-state index >= 15 is 0 Å². The minimum Gasteiger partial charge on any atom is -0.481 e. The lowest BCUT2D eigenvalue weighted by Gasteiger charge is -2.25. The van der Waals surface area contributed by atoms with E-state index < -0.39 is 21.4 Å². The molecule has 3 rings (SSSR count). The quantitative estimate of drug-likeness (QED) is 0.847. The van der Waals surface area contributed by atoms with Crippen LogP contribution in [0.1, 0.15) is 12.5 Å². The molecule has 0 bridgehead atoms. The van der Waals surface area contributed by atoms with Crippen molar-refractivity contribution in [2.75, 3.05) is 31.9 Å². The summed E-state index contributed by atoms with van der Waals surface area (Å²) in [6, 6.07) is 7.51. The second-order valence-corrected chi connectivity index (χ2v) is 9.34. The van der Waals surface area contributed by atoms with Crippen LogP contribution < -0.4 is 0 Å². The molecule has 6 nitrogen and oxygen atoms in total. The molecule has 0 unspecified atom stereocenters. The summed E-state index contributed by atoms with van der Waals surface area (Å²) in [4.78, 5) is 14.0. The Morgan fingerprint density at radius 1 is 1.38 bits per heavy atom. The molecule has 1 N–H and O–H groups in total. The molecule has 2 atom stereocenters. The summed E-state index contributed by atoms with van der Waals surface area (Å²) in [7, 11) is -3.36. The van der Waals surface area contributed by atoms with E-state index in [1.807, 2.05) is 18.2 Å². The standard InChI is InChI=1S/C16H21ClN2O4S/c1-2-24(22,23)19-9-13-8-18(10-16(13,11-19)15(20)21)7-12-4-3-5-14(17)6-12/h3-6,13H,2,7-11H2,1H3,(H,20,21)/t13-,16-/m1/s1. The van der Waals surface area contributed by atoms with Gasteiger partial charge in [-0.1, -0.05) is 23.7 Å². The Morgan fingerprint density at radius 2 is 2.12 bits per heavy atom. The fourth-order valence-electron chi connectivity index (χ4n) is 3.83. The van der Waals surface area contributed by atoms with Crippen molar-refractivity contribution in [1.82, 2.24) is 9.21 Å². The molecule has 132 valence electrons. The number of carbonyl (C=O) groups is 1. The Kier molecular flexibility index (Phi) is 4.63. The highest BCUT2D eigenvalue weighted by molar-refractivity contribution is 7.89. The van der Waals surface area contributed by atoms with Crippen LogP contribution in [-0.2, 0) is 21.4 Å². The maximum atomic E-state index is 12.1. The maximum Gasteiger partial charge on any atom is 0.312 e. The third-order valence-corrected chi connectivity index (χ3v) is 7.16. The summed E-state index contributed by atoms with van der Waals surface area (Å²) >= 11 is 6.00. The zero-order valence-electron chi connectivity index (χ0n) is 13.5. The first kappa shape index (κ1) is 17.7. The fraction of sp³-hybridized carbons (Fsp3) is 0.562. The lowest BCUT2D eigenvalue weighted by atomic mass is 9.81. The predicted molar refractivity (Wildman–Crippen MR) is 91.3 cm³/mol. The number of sulfonamides is 1. The molecule has 2 aliphatic rings. The Labute approximate surface area is 147 Å². The van der Waals surface area contributed by atoms with Gasteiger partial charge >= 0.3 is 5.97 Å². The molecule has 2 heterocycles. The molecular formula is C16H21ClN2O4S. The topological polar surface area (TPSA) is 77.9 Å². The molecule has 1 aromatic carbocycles. The van der Waals surface area contributed by atoms with Crippen molar-refractivity contribution in [1.29, 1.82) is 0 Å². The van der Waals surface area contributed by atoms with Crippen molar-refractivity contribution >= 4 is 27.6 Å². The van der Waals surface area contributed by atoms with Gasteiger partial charge in [-0.25, -0.2) is 12.7 Å². The molecule has 0 spiro atoms. The molecule has 0 amide bonds. The van der Waals surface area contributed by atoms with E-state index in [4.69, 9.17) is 11.6 Å². The molecule has 0 radical (unpaired) electrons. The van der Waals surface area contributed by atoms with Crippen molar-refractivity contribution in [2.24, 2.45) is 11.3 Å². The van der Waals surface area contributed by atoms with Crippen LogP contribution in [0.5, 0.6) is 0 Å². The van der Waals surface area contributed by atoms with Crippen LogP contribution in [0.25, 0.3) is 0 Å². The summed E-state index contributed by atoms with van der Waals surface area (Å²) in [5, 5.41) is 10.4. The van der Waals surface area contributed by atoms with E-state index in [1.54, 1.807) is 13.0 Å². The van der Waals surface area contributed by atoms with Gasteiger partial charge in [0.2, 0.25) is 10.0 Å². The summed E-state index contributed by atoms with van der Waals surface area (Å²) in [5.74, 6) is -1.09.